The lowest BCUT2D eigenvalue weighted by molar-refractivity contribution is 0.0977. The highest BCUT2D eigenvalue weighted by molar-refractivity contribution is 7.80. The molecule has 0 saturated carbocycles. The second-order valence-electron chi connectivity index (χ2n) is 6.94. The largest absolute Gasteiger partial charge is 0.436 e. The van der Waals surface area contributed by atoms with Gasteiger partial charge in [-0.25, -0.2) is 9.37 Å². The number of carbonyl (C=O) groups is 1. The van der Waals surface area contributed by atoms with E-state index >= 15 is 0 Å². The topological polar surface area (TPSA) is 67.2 Å². The molecule has 0 bridgehead atoms. The van der Waals surface area contributed by atoms with Crippen LogP contribution in [0, 0.1) is 19.7 Å². The number of nitrogens with zero attached hydrogens (tertiary/aromatic N) is 1. The molecule has 1 amide bonds. The van der Waals surface area contributed by atoms with Crippen molar-refractivity contribution in [1.29, 1.82) is 0 Å². The van der Waals surface area contributed by atoms with Crippen LogP contribution in [-0.2, 0) is 0 Å². The summed E-state index contributed by atoms with van der Waals surface area (Å²) in [5.41, 5.74) is 5.63. The highest BCUT2D eigenvalue weighted by Gasteiger charge is 2.12. The van der Waals surface area contributed by atoms with Crippen LogP contribution in [0.15, 0.2) is 65.1 Å². The summed E-state index contributed by atoms with van der Waals surface area (Å²) in [5, 5.41) is 5.66. The average Bonchev–Trinajstić information content (AvgIpc) is 3.13. The number of carbonyl (C=O) groups excluding carboxylic acids is 1. The van der Waals surface area contributed by atoms with Crippen LogP contribution in [0.4, 0.5) is 10.1 Å². The van der Waals surface area contributed by atoms with Gasteiger partial charge >= 0.3 is 0 Å². The molecule has 0 radical (unpaired) electrons. The molecule has 0 aliphatic rings. The van der Waals surface area contributed by atoms with Gasteiger partial charge in [0.2, 0.25) is 5.89 Å². The van der Waals surface area contributed by atoms with Crippen molar-refractivity contribution in [2.24, 2.45) is 0 Å². The quantitative estimate of drug-likeness (QED) is 0.437. The Kier molecular flexibility index (Phi) is 5.29. The van der Waals surface area contributed by atoms with Crippen LogP contribution < -0.4 is 10.6 Å². The Morgan fingerprint density at radius 2 is 1.73 bits per heavy atom. The van der Waals surface area contributed by atoms with Crippen LogP contribution in [0.25, 0.3) is 22.6 Å². The molecule has 7 heteroatoms. The maximum Gasteiger partial charge on any atom is 0.257 e. The van der Waals surface area contributed by atoms with E-state index in [1.54, 1.807) is 0 Å². The number of aryl methyl sites for hydroxylation is 2. The fourth-order valence-corrected chi connectivity index (χ4v) is 3.35. The van der Waals surface area contributed by atoms with Gasteiger partial charge in [-0.05, 0) is 91.8 Å². The standard InChI is InChI=1S/C23H18FN3O2S/c1-13-11-14(2)20-19(12-13)26-22(29-20)16-5-9-18(10-6-16)25-23(30)27-21(28)15-3-7-17(24)8-4-15/h3-12H,1-2H3,(H2,25,27,28,30). The maximum atomic E-state index is 13.0. The summed E-state index contributed by atoms with van der Waals surface area (Å²) in [6, 6.07) is 16.6. The number of hydrogen-bond acceptors (Lipinski definition) is 4. The molecule has 0 spiro atoms. The smallest absolute Gasteiger partial charge is 0.257 e. The summed E-state index contributed by atoms with van der Waals surface area (Å²) in [6.07, 6.45) is 0. The fraction of sp³-hybridized carbons (Fsp3) is 0.0870. The summed E-state index contributed by atoms with van der Waals surface area (Å²) in [5.74, 6) is -0.282. The van der Waals surface area contributed by atoms with E-state index in [9.17, 15) is 9.18 Å². The molecule has 0 saturated heterocycles. The van der Waals surface area contributed by atoms with Crippen molar-refractivity contribution in [3.8, 4) is 11.5 Å². The molecule has 1 heterocycles. The fourth-order valence-electron chi connectivity index (χ4n) is 3.14. The number of nitrogens with one attached hydrogen (secondary N) is 2. The third-order valence-corrected chi connectivity index (χ3v) is 4.75. The van der Waals surface area contributed by atoms with Gasteiger partial charge in [-0.2, -0.15) is 0 Å². The van der Waals surface area contributed by atoms with Gasteiger partial charge in [-0.15, -0.1) is 0 Å². The van der Waals surface area contributed by atoms with Crippen molar-refractivity contribution in [2.45, 2.75) is 13.8 Å². The Morgan fingerprint density at radius 3 is 2.43 bits per heavy atom. The van der Waals surface area contributed by atoms with E-state index in [0.29, 0.717) is 17.1 Å². The zero-order chi connectivity index (χ0) is 21.3. The van der Waals surface area contributed by atoms with Crippen LogP contribution in [0.2, 0.25) is 0 Å². The SMILES string of the molecule is Cc1cc(C)c2oc(-c3ccc(NC(=S)NC(=O)c4ccc(F)cc4)cc3)nc2c1. The molecule has 0 aliphatic heterocycles. The molecule has 30 heavy (non-hydrogen) atoms. The number of anilines is 1. The monoisotopic (exact) mass is 419 g/mol. The molecule has 1 aromatic heterocycles. The van der Waals surface area contributed by atoms with E-state index in [2.05, 4.69) is 21.7 Å². The minimum atomic E-state index is -0.416. The Hall–Kier alpha value is -3.58. The minimum absolute atomic E-state index is 0.144. The van der Waals surface area contributed by atoms with Crippen molar-refractivity contribution in [1.82, 2.24) is 10.3 Å². The second kappa shape index (κ2) is 8.04. The van der Waals surface area contributed by atoms with Crippen molar-refractivity contribution >= 4 is 40.0 Å². The van der Waals surface area contributed by atoms with Gasteiger partial charge in [0.25, 0.3) is 5.91 Å². The Labute approximate surface area is 177 Å². The first-order valence-electron chi connectivity index (χ1n) is 9.25. The molecular formula is C23H18FN3O2S. The highest BCUT2D eigenvalue weighted by Crippen LogP contribution is 2.28. The number of halogens is 1. The summed E-state index contributed by atoms with van der Waals surface area (Å²) in [6.45, 7) is 4.03. The zero-order valence-corrected chi connectivity index (χ0v) is 17.1. The number of fused-ring (bicyclic) bond motifs is 1. The van der Waals surface area contributed by atoms with Gasteiger partial charge in [0.15, 0.2) is 10.7 Å². The van der Waals surface area contributed by atoms with Crippen molar-refractivity contribution in [3.05, 3.63) is 83.2 Å². The highest BCUT2D eigenvalue weighted by atomic mass is 32.1. The van der Waals surface area contributed by atoms with Gasteiger partial charge in [-0.3, -0.25) is 10.1 Å². The predicted octanol–water partition coefficient (Wildman–Crippen LogP) is 5.38. The molecule has 0 fully saturated rings. The van der Waals surface area contributed by atoms with Crippen molar-refractivity contribution < 1.29 is 13.6 Å². The number of amides is 1. The summed E-state index contributed by atoms with van der Waals surface area (Å²) >= 11 is 5.19. The van der Waals surface area contributed by atoms with E-state index in [-0.39, 0.29) is 5.11 Å². The molecule has 3 aromatic carbocycles. The first-order valence-corrected chi connectivity index (χ1v) is 9.66. The number of hydrogen-bond donors (Lipinski definition) is 2. The summed E-state index contributed by atoms with van der Waals surface area (Å²) < 4.78 is 18.9. The molecule has 5 nitrogen and oxygen atoms in total. The van der Waals surface area contributed by atoms with Gasteiger partial charge < -0.3 is 9.73 Å². The van der Waals surface area contributed by atoms with Crippen LogP contribution in [0.5, 0.6) is 0 Å². The number of aromatic nitrogens is 1. The number of thiocarbonyl (C=S) groups is 1. The maximum absolute atomic E-state index is 13.0. The Morgan fingerprint density at radius 1 is 1.03 bits per heavy atom. The lowest BCUT2D eigenvalue weighted by Gasteiger charge is -2.10. The minimum Gasteiger partial charge on any atom is -0.436 e. The first kappa shape index (κ1) is 19.7. The van der Waals surface area contributed by atoms with Crippen molar-refractivity contribution in [2.75, 3.05) is 5.32 Å². The van der Waals surface area contributed by atoms with Crippen molar-refractivity contribution in [3.63, 3.8) is 0 Å². The molecule has 150 valence electrons. The molecule has 0 atom stereocenters. The molecule has 4 aromatic rings. The van der Waals surface area contributed by atoms with Gasteiger partial charge in [0, 0.05) is 16.8 Å². The van der Waals surface area contributed by atoms with Crippen LogP contribution in [0.1, 0.15) is 21.5 Å². The third-order valence-electron chi connectivity index (χ3n) is 4.54. The average molecular weight is 419 g/mol. The zero-order valence-electron chi connectivity index (χ0n) is 16.3. The number of benzene rings is 3. The Balaban J connectivity index is 1.44. The van der Waals surface area contributed by atoms with E-state index in [1.165, 1.54) is 24.3 Å². The molecule has 4 rings (SSSR count). The van der Waals surface area contributed by atoms with Crippen LogP contribution in [-0.4, -0.2) is 16.0 Å². The summed E-state index contributed by atoms with van der Waals surface area (Å²) in [4.78, 5) is 16.7. The lowest BCUT2D eigenvalue weighted by Crippen LogP contribution is -2.34. The number of oxazole rings is 1. The van der Waals surface area contributed by atoms with Crippen LogP contribution in [0.3, 0.4) is 0 Å². The molecular weight excluding hydrogens is 401 g/mol. The van der Waals surface area contributed by atoms with E-state index in [1.807, 2.05) is 44.2 Å². The lowest BCUT2D eigenvalue weighted by atomic mass is 10.1. The number of rotatable bonds is 3. The first-order chi connectivity index (χ1) is 14.4. The summed E-state index contributed by atoms with van der Waals surface area (Å²) in [7, 11) is 0. The third kappa shape index (κ3) is 4.21. The van der Waals surface area contributed by atoms with Gasteiger partial charge in [0.1, 0.15) is 11.3 Å². The van der Waals surface area contributed by atoms with Gasteiger partial charge in [-0.1, -0.05) is 6.07 Å². The predicted molar refractivity (Wildman–Crippen MR) is 119 cm³/mol. The second-order valence-corrected chi connectivity index (χ2v) is 7.35. The molecule has 0 aliphatic carbocycles. The van der Waals surface area contributed by atoms with Gasteiger partial charge in [0.05, 0.1) is 0 Å². The van der Waals surface area contributed by atoms with E-state index in [0.717, 1.165) is 27.8 Å². The normalized spacial score (nSPS) is 10.8. The van der Waals surface area contributed by atoms with E-state index in [4.69, 9.17) is 16.6 Å². The van der Waals surface area contributed by atoms with Crippen LogP contribution >= 0.6 is 12.2 Å². The molecule has 0 unspecified atom stereocenters. The Bertz CT molecular complexity index is 1250. The molecule has 2 N–H and O–H groups in total. The van der Waals surface area contributed by atoms with E-state index < -0.39 is 11.7 Å².